The molecule has 2 aromatic carbocycles. The third kappa shape index (κ3) is 5.17. The lowest BCUT2D eigenvalue weighted by Gasteiger charge is -2.22. The van der Waals surface area contributed by atoms with Crippen LogP contribution in [0.4, 0.5) is 4.79 Å². The lowest BCUT2D eigenvalue weighted by molar-refractivity contribution is -0.127. The van der Waals surface area contributed by atoms with Gasteiger partial charge in [0, 0.05) is 6.42 Å². The topological polar surface area (TPSA) is 75.7 Å². The summed E-state index contributed by atoms with van der Waals surface area (Å²) in [6, 6.07) is 18.8. The van der Waals surface area contributed by atoms with E-state index in [0.717, 1.165) is 23.3 Å². The first kappa shape index (κ1) is 18.6. The van der Waals surface area contributed by atoms with Gasteiger partial charge < -0.3 is 10.1 Å². The summed E-state index contributed by atoms with van der Waals surface area (Å²) in [7, 11) is 0. The Balaban J connectivity index is 1.60. The van der Waals surface area contributed by atoms with E-state index in [4.69, 9.17) is 4.74 Å². The van der Waals surface area contributed by atoms with Crippen LogP contribution in [0.5, 0.6) is 0 Å². The first-order valence-electron chi connectivity index (χ1n) is 8.99. The van der Waals surface area contributed by atoms with Crippen molar-refractivity contribution in [2.75, 3.05) is 13.2 Å². The summed E-state index contributed by atoms with van der Waals surface area (Å²) >= 11 is 0. The molecule has 1 atom stereocenters. The summed E-state index contributed by atoms with van der Waals surface area (Å²) in [5.74, 6) is -0.501. The monoisotopic (exact) mass is 366 g/mol. The molecule has 1 fully saturated rings. The minimum Gasteiger partial charge on any atom is -0.439 e. The molecule has 3 rings (SSSR count). The highest BCUT2D eigenvalue weighted by Gasteiger charge is 2.33. The van der Waals surface area contributed by atoms with Crippen LogP contribution in [0.1, 0.15) is 30.0 Å². The van der Waals surface area contributed by atoms with Gasteiger partial charge in [0.25, 0.3) is 5.91 Å². The van der Waals surface area contributed by atoms with E-state index in [1.54, 1.807) is 0 Å². The molecule has 1 N–H and O–H groups in total. The highest BCUT2D eigenvalue weighted by Crippen LogP contribution is 2.18. The smallest absolute Gasteiger partial charge is 0.417 e. The molecule has 6 nitrogen and oxygen atoms in total. The predicted molar refractivity (Wildman–Crippen MR) is 99.8 cm³/mol. The summed E-state index contributed by atoms with van der Waals surface area (Å²) in [6.07, 6.45) is 1.25. The fraction of sp³-hybridized carbons (Fsp3) is 0.286. The van der Waals surface area contributed by atoms with Gasteiger partial charge in [-0.25, -0.2) is 9.69 Å². The van der Waals surface area contributed by atoms with Gasteiger partial charge in [-0.15, -0.1) is 0 Å². The van der Waals surface area contributed by atoms with Gasteiger partial charge in [-0.3, -0.25) is 9.59 Å². The number of hydrogen-bond acceptors (Lipinski definition) is 4. The molecule has 1 aliphatic rings. The number of rotatable bonds is 8. The minimum atomic E-state index is -0.667. The summed E-state index contributed by atoms with van der Waals surface area (Å²) in [4.78, 5) is 37.0. The van der Waals surface area contributed by atoms with Crippen molar-refractivity contribution in [1.82, 2.24) is 10.2 Å². The van der Waals surface area contributed by atoms with Crippen LogP contribution in [-0.2, 0) is 20.7 Å². The Bertz CT molecular complexity index is 776. The molecule has 1 saturated heterocycles. The highest BCUT2D eigenvalue weighted by molar-refractivity contribution is 5.97. The quantitative estimate of drug-likeness (QED) is 0.779. The molecular formula is C21H22N2O4. The Morgan fingerprint density at radius 3 is 2.33 bits per heavy atom. The Morgan fingerprint density at radius 1 is 1.04 bits per heavy atom. The van der Waals surface area contributed by atoms with Crippen molar-refractivity contribution in [2.24, 2.45) is 0 Å². The van der Waals surface area contributed by atoms with Crippen molar-refractivity contribution in [3.8, 4) is 0 Å². The Kier molecular flexibility index (Phi) is 6.20. The number of carbonyl (C=O) groups excluding carboxylic acids is 3. The van der Waals surface area contributed by atoms with E-state index >= 15 is 0 Å². The van der Waals surface area contributed by atoms with Gasteiger partial charge >= 0.3 is 6.09 Å². The van der Waals surface area contributed by atoms with Crippen LogP contribution in [0.2, 0.25) is 0 Å². The number of amides is 3. The number of aryl methyl sites for hydroxylation is 1. The molecule has 3 amide bonds. The average Bonchev–Trinajstić information content (AvgIpc) is 3.01. The van der Waals surface area contributed by atoms with Gasteiger partial charge in [-0.1, -0.05) is 60.7 Å². The average molecular weight is 366 g/mol. The van der Waals surface area contributed by atoms with Crippen LogP contribution in [-0.4, -0.2) is 36.0 Å². The van der Waals surface area contributed by atoms with Gasteiger partial charge in [0.1, 0.15) is 0 Å². The number of ether oxygens (including phenoxy) is 1. The molecule has 1 heterocycles. The number of imide groups is 1. The number of carbonyl (C=O) groups is 3. The van der Waals surface area contributed by atoms with E-state index in [-0.39, 0.29) is 25.0 Å². The summed E-state index contributed by atoms with van der Waals surface area (Å²) in [5, 5.41) is 2.95. The second kappa shape index (κ2) is 8.98. The molecule has 1 aliphatic heterocycles. The molecule has 0 spiro atoms. The molecule has 0 aromatic heterocycles. The largest absolute Gasteiger partial charge is 0.439 e. The fourth-order valence-electron chi connectivity index (χ4n) is 3.02. The van der Waals surface area contributed by atoms with Crippen LogP contribution >= 0.6 is 0 Å². The van der Waals surface area contributed by atoms with Crippen LogP contribution in [0.3, 0.4) is 0 Å². The first-order valence-corrected chi connectivity index (χ1v) is 8.99. The molecule has 2 aromatic rings. The van der Waals surface area contributed by atoms with Gasteiger partial charge in [0.2, 0.25) is 5.91 Å². The van der Waals surface area contributed by atoms with Crippen molar-refractivity contribution in [1.29, 1.82) is 0 Å². The van der Waals surface area contributed by atoms with Crippen LogP contribution in [0.25, 0.3) is 0 Å². The normalized spacial score (nSPS) is 14.7. The zero-order chi connectivity index (χ0) is 19.1. The zero-order valence-corrected chi connectivity index (χ0v) is 15.0. The maximum Gasteiger partial charge on any atom is 0.417 e. The van der Waals surface area contributed by atoms with Gasteiger partial charge in [-0.05, 0) is 24.0 Å². The van der Waals surface area contributed by atoms with Gasteiger partial charge in [0.15, 0.2) is 6.61 Å². The predicted octanol–water partition coefficient (Wildman–Crippen LogP) is 2.85. The number of nitrogens with zero attached hydrogens (tertiary/aromatic N) is 1. The highest BCUT2D eigenvalue weighted by atomic mass is 16.6. The molecule has 0 aliphatic carbocycles. The third-order valence-electron chi connectivity index (χ3n) is 4.45. The van der Waals surface area contributed by atoms with E-state index in [1.165, 1.54) is 5.56 Å². The molecule has 1 unspecified atom stereocenters. The molecular weight excluding hydrogens is 344 g/mol. The molecule has 0 bridgehead atoms. The summed E-state index contributed by atoms with van der Waals surface area (Å²) < 4.78 is 4.76. The Hall–Kier alpha value is -3.15. The van der Waals surface area contributed by atoms with E-state index in [2.05, 4.69) is 5.32 Å². The SMILES string of the molecule is O=C(CCCc1ccccc1)NC(CN1C(=O)COC1=O)c1ccccc1. The van der Waals surface area contributed by atoms with E-state index in [1.807, 2.05) is 60.7 Å². The van der Waals surface area contributed by atoms with Crippen LogP contribution in [0.15, 0.2) is 60.7 Å². The number of cyclic esters (lactones) is 1. The summed E-state index contributed by atoms with van der Waals surface area (Å²) in [6.45, 7) is -0.183. The van der Waals surface area contributed by atoms with Gasteiger partial charge in [0.05, 0.1) is 12.6 Å². The fourth-order valence-corrected chi connectivity index (χ4v) is 3.02. The van der Waals surface area contributed by atoms with E-state index < -0.39 is 12.1 Å². The lowest BCUT2D eigenvalue weighted by Crippen LogP contribution is -2.40. The zero-order valence-electron chi connectivity index (χ0n) is 15.0. The van der Waals surface area contributed by atoms with Crippen molar-refractivity contribution < 1.29 is 19.1 Å². The molecule has 0 saturated carbocycles. The number of benzene rings is 2. The Labute approximate surface area is 158 Å². The van der Waals surface area contributed by atoms with E-state index in [9.17, 15) is 14.4 Å². The van der Waals surface area contributed by atoms with E-state index in [0.29, 0.717) is 6.42 Å². The summed E-state index contributed by atoms with van der Waals surface area (Å²) in [5.41, 5.74) is 2.02. The second-order valence-electron chi connectivity index (χ2n) is 6.43. The maximum absolute atomic E-state index is 12.4. The molecule has 0 radical (unpaired) electrons. The van der Waals surface area contributed by atoms with Crippen molar-refractivity contribution in [3.63, 3.8) is 0 Å². The standard InChI is InChI=1S/C21H22N2O4/c24-19(13-7-10-16-8-3-1-4-9-16)22-18(17-11-5-2-6-12-17)14-23-20(25)15-27-21(23)26/h1-6,8-9,11-12,18H,7,10,13-15H2,(H,22,24). The Morgan fingerprint density at radius 2 is 1.70 bits per heavy atom. The number of hydrogen-bond donors (Lipinski definition) is 1. The van der Waals surface area contributed by atoms with Crippen LogP contribution < -0.4 is 5.32 Å². The first-order chi connectivity index (χ1) is 13.1. The maximum atomic E-state index is 12.4. The number of nitrogens with one attached hydrogen (secondary N) is 1. The van der Waals surface area contributed by atoms with Gasteiger partial charge in [-0.2, -0.15) is 0 Å². The van der Waals surface area contributed by atoms with Crippen molar-refractivity contribution in [2.45, 2.75) is 25.3 Å². The second-order valence-corrected chi connectivity index (χ2v) is 6.43. The van der Waals surface area contributed by atoms with Crippen LogP contribution in [0, 0.1) is 0 Å². The van der Waals surface area contributed by atoms with Crippen molar-refractivity contribution >= 4 is 17.9 Å². The molecule has 27 heavy (non-hydrogen) atoms. The third-order valence-corrected chi connectivity index (χ3v) is 4.45. The molecule has 140 valence electrons. The minimum absolute atomic E-state index is 0.0616. The molecule has 6 heteroatoms. The van der Waals surface area contributed by atoms with Crippen molar-refractivity contribution in [3.05, 3.63) is 71.8 Å². The lowest BCUT2D eigenvalue weighted by atomic mass is 10.0.